The molecule has 0 fully saturated rings. The van der Waals surface area contributed by atoms with E-state index in [1.54, 1.807) is 48.5 Å². The molecular weight excluding hydrogens is 442 g/mol. The van der Waals surface area contributed by atoms with Crippen LogP contribution in [0.25, 0.3) is 0 Å². The SMILES string of the molecule is COc1ccc(S(=O)(=O)CC2c3cc(NC(=O)c4cccc(OC)c4)ccc3CC2O)cc1. The van der Waals surface area contributed by atoms with E-state index in [9.17, 15) is 18.3 Å². The Balaban J connectivity index is 1.56. The Morgan fingerprint density at radius 3 is 2.42 bits per heavy atom. The maximum absolute atomic E-state index is 13.0. The van der Waals surface area contributed by atoms with Gasteiger partial charge in [-0.3, -0.25) is 4.79 Å². The zero-order valence-corrected chi connectivity index (χ0v) is 19.1. The van der Waals surface area contributed by atoms with E-state index in [-0.39, 0.29) is 16.6 Å². The fourth-order valence-electron chi connectivity index (χ4n) is 4.06. The van der Waals surface area contributed by atoms with Crippen molar-refractivity contribution in [1.82, 2.24) is 0 Å². The first-order valence-corrected chi connectivity index (χ1v) is 12.1. The Morgan fingerprint density at radius 2 is 1.73 bits per heavy atom. The molecule has 0 heterocycles. The number of methoxy groups -OCH3 is 2. The van der Waals surface area contributed by atoms with E-state index in [2.05, 4.69) is 5.32 Å². The number of nitrogens with one attached hydrogen (secondary N) is 1. The lowest BCUT2D eigenvalue weighted by molar-refractivity contribution is 0.102. The lowest BCUT2D eigenvalue weighted by Crippen LogP contribution is -2.22. The summed E-state index contributed by atoms with van der Waals surface area (Å²) in [6, 6.07) is 18.3. The lowest BCUT2D eigenvalue weighted by atomic mass is 10.0. The molecule has 0 aliphatic heterocycles. The first-order valence-electron chi connectivity index (χ1n) is 10.4. The topological polar surface area (TPSA) is 102 Å². The minimum absolute atomic E-state index is 0.173. The third kappa shape index (κ3) is 4.86. The molecule has 1 aliphatic rings. The molecule has 3 aromatic rings. The van der Waals surface area contributed by atoms with Gasteiger partial charge < -0.3 is 19.9 Å². The van der Waals surface area contributed by atoms with Crippen LogP contribution in [0.4, 0.5) is 5.69 Å². The number of carbonyl (C=O) groups excluding carboxylic acids is 1. The number of anilines is 1. The van der Waals surface area contributed by atoms with Gasteiger partial charge in [0.25, 0.3) is 5.91 Å². The highest BCUT2D eigenvalue weighted by molar-refractivity contribution is 7.91. The maximum atomic E-state index is 13.0. The Hall–Kier alpha value is -3.36. The monoisotopic (exact) mass is 467 g/mol. The zero-order chi connectivity index (χ0) is 23.6. The molecule has 1 amide bonds. The Bertz CT molecular complexity index is 1270. The standard InChI is InChI=1S/C25H25NO6S/c1-31-19-8-10-21(11-9-19)33(29,30)15-23-22-14-18(7-6-16(22)13-24(23)27)26-25(28)17-4-3-5-20(12-17)32-2/h3-12,14,23-24,27H,13,15H2,1-2H3,(H,26,28). The molecule has 2 atom stereocenters. The molecule has 0 aromatic heterocycles. The second-order valence-corrected chi connectivity index (χ2v) is 9.97. The highest BCUT2D eigenvalue weighted by Gasteiger charge is 2.35. The number of sulfone groups is 1. The van der Waals surface area contributed by atoms with Crippen LogP contribution in [0.1, 0.15) is 27.4 Å². The van der Waals surface area contributed by atoms with E-state index in [0.717, 1.165) is 11.1 Å². The van der Waals surface area contributed by atoms with Gasteiger partial charge in [0.15, 0.2) is 9.84 Å². The lowest BCUT2D eigenvalue weighted by Gasteiger charge is -2.17. The summed E-state index contributed by atoms with van der Waals surface area (Å²) in [5, 5.41) is 13.5. The minimum Gasteiger partial charge on any atom is -0.497 e. The second kappa shape index (κ2) is 9.25. The number of ether oxygens (including phenoxy) is 2. The van der Waals surface area contributed by atoms with Crippen molar-refractivity contribution in [1.29, 1.82) is 0 Å². The van der Waals surface area contributed by atoms with Crippen molar-refractivity contribution in [3.05, 3.63) is 83.4 Å². The van der Waals surface area contributed by atoms with Gasteiger partial charge in [-0.2, -0.15) is 0 Å². The molecule has 2 N–H and O–H groups in total. The van der Waals surface area contributed by atoms with Crippen LogP contribution >= 0.6 is 0 Å². The van der Waals surface area contributed by atoms with Gasteiger partial charge in [0.1, 0.15) is 11.5 Å². The number of aliphatic hydroxyl groups is 1. The average molecular weight is 468 g/mol. The number of hydrogen-bond donors (Lipinski definition) is 2. The van der Waals surface area contributed by atoms with Crippen molar-refractivity contribution in [3.63, 3.8) is 0 Å². The third-order valence-electron chi connectivity index (χ3n) is 5.85. The van der Waals surface area contributed by atoms with Crippen molar-refractivity contribution in [3.8, 4) is 11.5 Å². The Kier molecular flexibility index (Phi) is 6.40. The van der Waals surface area contributed by atoms with Crippen LogP contribution in [0.5, 0.6) is 11.5 Å². The summed E-state index contributed by atoms with van der Waals surface area (Å²) in [6.45, 7) is 0. The van der Waals surface area contributed by atoms with Gasteiger partial charge in [0.05, 0.1) is 31.0 Å². The van der Waals surface area contributed by atoms with Gasteiger partial charge in [0, 0.05) is 17.2 Å². The summed E-state index contributed by atoms with van der Waals surface area (Å²) in [6.07, 6.45) is -0.459. The Labute approximate surface area is 192 Å². The molecule has 7 nitrogen and oxygen atoms in total. The first kappa shape index (κ1) is 22.8. The summed E-state index contributed by atoms with van der Waals surface area (Å²) in [5.41, 5.74) is 2.57. The molecule has 2 unspecified atom stereocenters. The van der Waals surface area contributed by atoms with Gasteiger partial charge in [-0.05, 0) is 72.1 Å². The van der Waals surface area contributed by atoms with Crippen LogP contribution in [-0.4, -0.2) is 45.5 Å². The molecule has 0 radical (unpaired) electrons. The highest BCUT2D eigenvalue weighted by atomic mass is 32.2. The molecule has 33 heavy (non-hydrogen) atoms. The minimum atomic E-state index is -3.65. The fraction of sp³-hybridized carbons (Fsp3) is 0.240. The van der Waals surface area contributed by atoms with E-state index in [4.69, 9.17) is 9.47 Å². The molecule has 172 valence electrons. The molecule has 1 aliphatic carbocycles. The highest BCUT2D eigenvalue weighted by Crippen LogP contribution is 2.37. The van der Waals surface area contributed by atoms with Gasteiger partial charge in [-0.15, -0.1) is 0 Å². The van der Waals surface area contributed by atoms with Gasteiger partial charge >= 0.3 is 0 Å². The van der Waals surface area contributed by atoms with E-state index >= 15 is 0 Å². The molecule has 0 spiro atoms. The number of rotatable bonds is 7. The summed E-state index contributed by atoms with van der Waals surface area (Å²) < 4.78 is 36.3. The number of aliphatic hydroxyl groups excluding tert-OH is 1. The predicted octanol–water partition coefficient (Wildman–Crippen LogP) is 3.43. The van der Waals surface area contributed by atoms with Gasteiger partial charge in [-0.25, -0.2) is 8.42 Å². The van der Waals surface area contributed by atoms with E-state index < -0.39 is 21.9 Å². The van der Waals surface area contributed by atoms with Crippen molar-refractivity contribution in [2.45, 2.75) is 23.3 Å². The normalized spacial score (nSPS) is 17.3. The summed E-state index contributed by atoms with van der Waals surface area (Å²) in [7, 11) is -0.603. The van der Waals surface area contributed by atoms with Crippen LogP contribution in [0.15, 0.2) is 71.6 Å². The van der Waals surface area contributed by atoms with Crippen LogP contribution in [0.3, 0.4) is 0 Å². The van der Waals surface area contributed by atoms with Crippen molar-refractivity contribution >= 4 is 21.4 Å². The smallest absolute Gasteiger partial charge is 0.255 e. The zero-order valence-electron chi connectivity index (χ0n) is 18.3. The van der Waals surface area contributed by atoms with Gasteiger partial charge in [0.2, 0.25) is 0 Å². The fourth-order valence-corrected chi connectivity index (χ4v) is 5.68. The summed E-state index contributed by atoms with van der Waals surface area (Å²) >= 11 is 0. The number of carbonyl (C=O) groups is 1. The van der Waals surface area contributed by atoms with Crippen LogP contribution < -0.4 is 14.8 Å². The molecule has 0 saturated heterocycles. The van der Waals surface area contributed by atoms with Crippen molar-refractivity contribution < 1.29 is 27.8 Å². The summed E-state index contributed by atoms with van der Waals surface area (Å²) in [5.74, 6) is -0.00319. The largest absolute Gasteiger partial charge is 0.497 e. The van der Waals surface area contributed by atoms with E-state index in [1.807, 2.05) is 6.07 Å². The number of benzene rings is 3. The number of fused-ring (bicyclic) bond motifs is 1. The van der Waals surface area contributed by atoms with E-state index in [1.165, 1.54) is 26.4 Å². The third-order valence-corrected chi connectivity index (χ3v) is 7.63. The number of hydrogen-bond acceptors (Lipinski definition) is 6. The van der Waals surface area contributed by atoms with E-state index in [0.29, 0.717) is 29.2 Å². The first-order chi connectivity index (χ1) is 15.8. The van der Waals surface area contributed by atoms with Crippen molar-refractivity contribution in [2.75, 3.05) is 25.3 Å². The Morgan fingerprint density at radius 1 is 1.00 bits per heavy atom. The molecule has 0 bridgehead atoms. The quantitative estimate of drug-likeness (QED) is 0.552. The molecule has 3 aromatic carbocycles. The van der Waals surface area contributed by atoms with Crippen LogP contribution in [0.2, 0.25) is 0 Å². The number of amides is 1. The molecular formula is C25H25NO6S. The summed E-state index contributed by atoms with van der Waals surface area (Å²) in [4.78, 5) is 12.8. The second-order valence-electron chi connectivity index (χ2n) is 7.93. The maximum Gasteiger partial charge on any atom is 0.255 e. The van der Waals surface area contributed by atoms with Crippen molar-refractivity contribution in [2.24, 2.45) is 0 Å². The molecule has 0 saturated carbocycles. The molecule has 8 heteroatoms. The van der Waals surface area contributed by atoms with Crippen LogP contribution in [-0.2, 0) is 16.3 Å². The van der Waals surface area contributed by atoms with Crippen LogP contribution in [0, 0.1) is 0 Å². The average Bonchev–Trinajstić information content (AvgIpc) is 3.13. The molecule has 4 rings (SSSR count). The predicted molar refractivity (Wildman–Crippen MR) is 125 cm³/mol. The van der Waals surface area contributed by atoms with Gasteiger partial charge in [-0.1, -0.05) is 12.1 Å².